The third-order valence-electron chi connectivity index (χ3n) is 5.49. The fourth-order valence-electron chi connectivity index (χ4n) is 4.00. The van der Waals surface area contributed by atoms with Gasteiger partial charge in [-0.25, -0.2) is 4.98 Å². The number of nitrogens with zero attached hydrogens (tertiary/aromatic N) is 4. The van der Waals surface area contributed by atoms with Crippen LogP contribution in [0.2, 0.25) is 0 Å². The highest BCUT2D eigenvalue weighted by molar-refractivity contribution is 5.81. The van der Waals surface area contributed by atoms with Crippen LogP contribution in [0.15, 0.2) is 47.6 Å². The van der Waals surface area contributed by atoms with Gasteiger partial charge in [-0.15, -0.1) is 0 Å². The lowest BCUT2D eigenvalue weighted by Gasteiger charge is -2.29. The molecule has 142 valence electrons. The molecule has 0 aliphatic carbocycles. The first kappa shape index (κ1) is 17.8. The molecule has 0 amide bonds. The lowest BCUT2D eigenvalue weighted by molar-refractivity contribution is 0.440. The molecule has 0 fully saturated rings. The third-order valence-corrected chi connectivity index (χ3v) is 5.49. The molecule has 4 rings (SSSR count). The fourth-order valence-corrected chi connectivity index (χ4v) is 4.00. The van der Waals surface area contributed by atoms with E-state index in [9.17, 15) is 0 Å². The SMILES string of the molecule is CN=C(NCCc1cn2c(n1)CCCC2)N1CC=C(c2ccccc2)CC1. The van der Waals surface area contributed by atoms with Crippen LogP contribution in [-0.4, -0.2) is 47.1 Å². The van der Waals surface area contributed by atoms with Gasteiger partial charge in [0.1, 0.15) is 5.82 Å². The molecule has 0 saturated heterocycles. The zero-order chi connectivity index (χ0) is 18.5. The third kappa shape index (κ3) is 4.24. The van der Waals surface area contributed by atoms with Gasteiger partial charge >= 0.3 is 0 Å². The van der Waals surface area contributed by atoms with E-state index < -0.39 is 0 Å². The van der Waals surface area contributed by atoms with E-state index in [0.29, 0.717) is 0 Å². The van der Waals surface area contributed by atoms with Crippen molar-refractivity contribution in [3.05, 3.63) is 59.7 Å². The number of aromatic nitrogens is 2. The maximum Gasteiger partial charge on any atom is 0.193 e. The number of guanidine groups is 1. The summed E-state index contributed by atoms with van der Waals surface area (Å²) in [6.07, 6.45) is 10.2. The Hall–Kier alpha value is -2.56. The monoisotopic (exact) mass is 363 g/mol. The van der Waals surface area contributed by atoms with Gasteiger partial charge in [0, 0.05) is 52.3 Å². The summed E-state index contributed by atoms with van der Waals surface area (Å²) in [5, 5.41) is 3.52. The minimum Gasteiger partial charge on any atom is -0.356 e. The Kier molecular flexibility index (Phi) is 5.56. The number of rotatable bonds is 4. The summed E-state index contributed by atoms with van der Waals surface area (Å²) >= 11 is 0. The number of nitrogens with one attached hydrogen (secondary N) is 1. The van der Waals surface area contributed by atoms with E-state index in [-0.39, 0.29) is 0 Å². The topological polar surface area (TPSA) is 45.5 Å². The predicted octanol–water partition coefficient (Wildman–Crippen LogP) is 3.13. The van der Waals surface area contributed by atoms with Crippen LogP contribution in [0.25, 0.3) is 5.57 Å². The van der Waals surface area contributed by atoms with Gasteiger partial charge in [-0.1, -0.05) is 36.4 Å². The minimum atomic E-state index is 0.870. The number of fused-ring (bicyclic) bond motifs is 1. The van der Waals surface area contributed by atoms with Crippen molar-refractivity contribution in [3.63, 3.8) is 0 Å². The summed E-state index contributed by atoms with van der Waals surface area (Å²) in [4.78, 5) is 11.6. The molecule has 0 atom stereocenters. The van der Waals surface area contributed by atoms with Crippen molar-refractivity contribution in [3.8, 4) is 0 Å². The van der Waals surface area contributed by atoms with Crippen molar-refractivity contribution in [2.75, 3.05) is 26.7 Å². The maximum atomic E-state index is 4.79. The standard InChI is InChI=1S/C22H29N5/c1-23-22(24-13-10-20-17-27-14-6-5-9-21(27)25-20)26-15-11-19(12-16-26)18-7-3-2-4-8-18/h2-4,7-8,11,17H,5-6,9-10,12-16H2,1H3,(H,23,24). The predicted molar refractivity (Wildman–Crippen MR) is 111 cm³/mol. The molecule has 1 aromatic carbocycles. The van der Waals surface area contributed by atoms with Crippen LogP contribution in [0.5, 0.6) is 0 Å². The smallest absolute Gasteiger partial charge is 0.193 e. The first-order valence-electron chi connectivity index (χ1n) is 10.1. The van der Waals surface area contributed by atoms with E-state index in [4.69, 9.17) is 4.98 Å². The Bertz CT molecular complexity index is 795. The van der Waals surface area contributed by atoms with Gasteiger partial charge in [-0.05, 0) is 30.4 Å². The summed E-state index contributed by atoms with van der Waals surface area (Å²) in [6, 6.07) is 10.7. The van der Waals surface area contributed by atoms with Gasteiger partial charge in [0.05, 0.1) is 5.69 Å². The molecule has 1 N–H and O–H groups in total. The van der Waals surface area contributed by atoms with E-state index in [0.717, 1.165) is 51.4 Å². The van der Waals surface area contributed by atoms with Crippen LogP contribution in [0, 0.1) is 0 Å². The number of imidazole rings is 1. The Morgan fingerprint density at radius 3 is 2.78 bits per heavy atom. The van der Waals surface area contributed by atoms with Gasteiger partial charge in [-0.3, -0.25) is 4.99 Å². The quantitative estimate of drug-likeness (QED) is 0.671. The molecule has 0 bridgehead atoms. The maximum absolute atomic E-state index is 4.79. The minimum absolute atomic E-state index is 0.870. The van der Waals surface area contributed by atoms with Crippen molar-refractivity contribution in [2.45, 2.75) is 38.6 Å². The molecule has 5 heteroatoms. The molecule has 0 radical (unpaired) electrons. The average molecular weight is 364 g/mol. The lowest BCUT2D eigenvalue weighted by Crippen LogP contribution is -2.44. The van der Waals surface area contributed by atoms with Crippen molar-refractivity contribution < 1.29 is 0 Å². The van der Waals surface area contributed by atoms with Crippen LogP contribution in [0.3, 0.4) is 0 Å². The molecule has 2 aliphatic rings. The zero-order valence-corrected chi connectivity index (χ0v) is 16.2. The highest BCUT2D eigenvalue weighted by Crippen LogP contribution is 2.22. The molecule has 3 heterocycles. The van der Waals surface area contributed by atoms with Crippen molar-refractivity contribution in [2.24, 2.45) is 4.99 Å². The first-order chi connectivity index (χ1) is 13.3. The van der Waals surface area contributed by atoms with Gasteiger partial charge < -0.3 is 14.8 Å². The summed E-state index contributed by atoms with van der Waals surface area (Å²) in [6.45, 7) is 3.90. The number of hydrogen-bond donors (Lipinski definition) is 1. The molecule has 2 aliphatic heterocycles. The first-order valence-corrected chi connectivity index (χ1v) is 10.1. The highest BCUT2D eigenvalue weighted by atomic mass is 15.3. The number of aliphatic imine (C=N–C) groups is 1. The number of aryl methyl sites for hydroxylation is 2. The summed E-state index contributed by atoms with van der Waals surface area (Å²) in [5.41, 5.74) is 3.97. The van der Waals surface area contributed by atoms with E-state index in [1.54, 1.807) is 0 Å². The number of benzene rings is 1. The van der Waals surface area contributed by atoms with Gasteiger partial charge in [0.25, 0.3) is 0 Å². The van der Waals surface area contributed by atoms with Gasteiger partial charge in [0.2, 0.25) is 0 Å². The fraction of sp³-hybridized carbons (Fsp3) is 0.455. The molecule has 0 unspecified atom stereocenters. The average Bonchev–Trinajstić information content (AvgIpc) is 3.15. The van der Waals surface area contributed by atoms with Crippen LogP contribution in [0.4, 0.5) is 0 Å². The normalized spacial score (nSPS) is 17.4. The molecule has 0 saturated carbocycles. The summed E-state index contributed by atoms with van der Waals surface area (Å²) in [5.74, 6) is 2.25. The molecule has 0 spiro atoms. The molecule has 1 aromatic heterocycles. The molecular weight excluding hydrogens is 334 g/mol. The Balaban J connectivity index is 1.30. The second-order valence-electron chi connectivity index (χ2n) is 7.31. The second-order valence-corrected chi connectivity index (χ2v) is 7.31. The van der Waals surface area contributed by atoms with E-state index in [1.165, 1.54) is 35.5 Å². The summed E-state index contributed by atoms with van der Waals surface area (Å²) < 4.78 is 2.33. The Morgan fingerprint density at radius 2 is 2.04 bits per heavy atom. The van der Waals surface area contributed by atoms with Gasteiger partial charge in [0.15, 0.2) is 5.96 Å². The van der Waals surface area contributed by atoms with Crippen molar-refractivity contribution >= 4 is 11.5 Å². The van der Waals surface area contributed by atoms with Crippen molar-refractivity contribution in [1.29, 1.82) is 0 Å². The lowest BCUT2D eigenvalue weighted by atomic mass is 10.00. The molecule has 2 aromatic rings. The van der Waals surface area contributed by atoms with Crippen LogP contribution >= 0.6 is 0 Å². The van der Waals surface area contributed by atoms with Crippen LogP contribution in [0.1, 0.15) is 36.3 Å². The second kappa shape index (κ2) is 8.42. The molecule has 27 heavy (non-hydrogen) atoms. The van der Waals surface area contributed by atoms with E-state index >= 15 is 0 Å². The van der Waals surface area contributed by atoms with Gasteiger partial charge in [-0.2, -0.15) is 0 Å². The highest BCUT2D eigenvalue weighted by Gasteiger charge is 2.16. The van der Waals surface area contributed by atoms with Crippen LogP contribution < -0.4 is 5.32 Å². The van der Waals surface area contributed by atoms with Crippen LogP contribution in [-0.2, 0) is 19.4 Å². The van der Waals surface area contributed by atoms with E-state index in [2.05, 4.69) is 62.4 Å². The Labute approximate surface area is 161 Å². The Morgan fingerprint density at radius 1 is 1.15 bits per heavy atom. The largest absolute Gasteiger partial charge is 0.356 e. The molecular formula is C22H29N5. The van der Waals surface area contributed by atoms with Crippen molar-refractivity contribution in [1.82, 2.24) is 19.8 Å². The number of hydrogen-bond acceptors (Lipinski definition) is 2. The van der Waals surface area contributed by atoms with E-state index in [1.807, 2.05) is 7.05 Å². The zero-order valence-electron chi connectivity index (χ0n) is 16.2. The summed E-state index contributed by atoms with van der Waals surface area (Å²) in [7, 11) is 1.87. The molecule has 5 nitrogen and oxygen atoms in total.